The van der Waals surface area contributed by atoms with Crippen LogP contribution in [0.25, 0.3) is 0 Å². The standard InChI is InChI=1S/C14H11BrCl2N2S/c1-7-2-5-10(16)13(12(7)17)19-11-6-8(15)3-4-9(11)14(18)20/h2-6,19H,1H3,(H2,18,20). The van der Waals surface area contributed by atoms with Crippen molar-refractivity contribution in [3.63, 3.8) is 0 Å². The van der Waals surface area contributed by atoms with Crippen LogP contribution in [0.2, 0.25) is 10.0 Å². The van der Waals surface area contributed by atoms with Gasteiger partial charge in [-0.2, -0.15) is 0 Å². The Balaban J connectivity index is 2.53. The van der Waals surface area contributed by atoms with Crippen molar-refractivity contribution in [2.75, 3.05) is 5.32 Å². The summed E-state index contributed by atoms with van der Waals surface area (Å²) in [7, 11) is 0. The molecule has 0 spiro atoms. The normalized spacial score (nSPS) is 10.4. The van der Waals surface area contributed by atoms with Crippen molar-refractivity contribution in [2.45, 2.75) is 6.92 Å². The van der Waals surface area contributed by atoms with Gasteiger partial charge in [0, 0.05) is 15.7 Å². The highest BCUT2D eigenvalue weighted by Crippen LogP contribution is 2.36. The van der Waals surface area contributed by atoms with Crippen LogP contribution >= 0.6 is 51.3 Å². The number of hydrogen-bond acceptors (Lipinski definition) is 2. The van der Waals surface area contributed by atoms with Gasteiger partial charge in [-0.1, -0.05) is 57.4 Å². The predicted molar refractivity (Wildman–Crippen MR) is 94.5 cm³/mol. The fraction of sp³-hybridized carbons (Fsp3) is 0.0714. The topological polar surface area (TPSA) is 38.0 Å². The Hall–Kier alpha value is -0.810. The van der Waals surface area contributed by atoms with E-state index in [2.05, 4.69) is 21.2 Å². The average molecular weight is 390 g/mol. The zero-order valence-electron chi connectivity index (χ0n) is 10.5. The smallest absolute Gasteiger partial charge is 0.106 e. The molecule has 3 N–H and O–H groups in total. The molecule has 6 heteroatoms. The molecular formula is C14H11BrCl2N2S. The molecule has 0 aliphatic rings. The quantitative estimate of drug-likeness (QED) is 0.686. The molecule has 0 heterocycles. The second-order valence-corrected chi connectivity index (χ2v) is 6.37. The van der Waals surface area contributed by atoms with Gasteiger partial charge in [0.2, 0.25) is 0 Å². The number of thiocarbonyl (C=S) groups is 1. The van der Waals surface area contributed by atoms with Crippen LogP contribution < -0.4 is 11.1 Å². The summed E-state index contributed by atoms with van der Waals surface area (Å²) in [5, 5.41) is 4.32. The Kier molecular flexibility index (Phi) is 4.91. The van der Waals surface area contributed by atoms with Crippen molar-refractivity contribution in [2.24, 2.45) is 5.73 Å². The third-order valence-corrected chi connectivity index (χ3v) is 4.31. The van der Waals surface area contributed by atoms with Gasteiger partial charge in [0.05, 0.1) is 15.7 Å². The van der Waals surface area contributed by atoms with E-state index in [9.17, 15) is 0 Å². The van der Waals surface area contributed by atoms with E-state index < -0.39 is 0 Å². The van der Waals surface area contributed by atoms with E-state index in [1.54, 1.807) is 6.07 Å². The summed E-state index contributed by atoms with van der Waals surface area (Å²) in [6.07, 6.45) is 0. The predicted octanol–water partition coefficient (Wildman–Crippen LogP) is 5.44. The van der Waals surface area contributed by atoms with Crippen LogP contribution in [0.5, 0.6) is 0 Å². The summed E-state index contributed by atoms with van der Waals surface area (Å²) in [6, 6.07) is 9.25. The van der Waals surface area contributed by atoms with Gasteiger partial charge >= 0.3 is 0 Å². The van der Waals surface area contributed by atoms with Crippen molar-refractivity contribution in [1.82, 2.24) is 0 Å². The Morgan fingerprint density at radius 3 is 2.60 bits per heavy atom. The highest BCUT2D eigenvalue weighted by atomic mass is 79.9. The Bertz CT molecular complexity index is 689. The summed E-state index contributed by atoms with van der Waals surface area (Å²) in [5.74, 6) is 0. The number of anilines is 2. The maximum Gasteiger partial charge on any atom is 0.106 e. The summed E-state index contributed by atoms with van der Waals surface area (Å²) >= 11 is 21.0. The Morgan fingerprint density at radius 1 is 1.25 bits per heavy atom. The van der Waals surface area contributed by atoms with Crippen molar-refractivity contribution < 1.29 is 0 Å². The van der Waals surface area contributed by atoms with Crippen LogP contribution in [0.1, 0.15) is 11.1 Å². The van der Waals surface area contributed by atoms with Crippen LogP contribution in [-0.4, -0.2) is 4.99 Å². The van der Waals surface area contributed by atoms with Gasteiger partial charge in [-0.05, 0) is 36.8 Å². The molecule has 0 bridgehead atoms. The minimum Gasteiger partial charge on any atom is -0.389 e. The van der Waals surface area contributed by atoms with Crippen LogP contribution in [0.15, 0.2) is 34.8 Å². The molecule has 0 atom stereocenters. The van der Waals surface area contributed by atoms with E-state index in [4.69, 9.17) is 41.2 Å². The largest absolute Gasteiger partial charge is 0.389 e. The molecule has 0 saturated heterocycles. The molecule has 0 unspecified atom stereocenters. The first kappa shape index (κ1) is 15.6. The molecular weight excluding hydrogens is 379 g/mol. The maximum absolute atomic E-state index is 6.30. The zero-order valence-corrected chi connectivity index (χ0v) is 14.4. The van der Waals surface area contributed by atoms with E-state index in [0.29, 0.717) is 20.7 Å². The van der Waals surface area contributed by atoms with Gasteiger partial charge < -0.3 is 11.1 Å². The molecule has 20 heavy (non-hydrogen) atoms. The van der Waals surface area contributed by atoms with Gasteiger partial charge in [-0.15, -0.1) is 0 Å². The van der Waals surface area contributed by atoms with Gasteiger partial charge in [0.25, 0.3) is 0 Å². The minimum absolute atomic E-state index is 0.305. The lowest BCUT2D eigenvalue weighted by atomic mass is 10.1. The molecule has 0 amide bonds. The van der Waals surface area contributed by atoms with Crippen LogP contribution in [0.4, 0.5) is 11.4 Å². The number of benzene rings is 2. The monoisotopic (exact) mass is 388 g/mol. The average Bonchev–Trinajstić information content (AvgIpc) is 2.39. The second kappa shape index (κ2) is 6.31. The fourth-order valence-corrected chi connectivity index (χ4v) is 2.74. The number of hydrogen-bond donors (Lipinski definition) is 2. The maximum atomic E-state index is 6.30. The summed E-state index contributed by atoms with van der Waals surface area (Å²) in [5.41, 5.74) is 8.80. The number of halogens is 3. The van der Waals surface area contributed by atoms with Crippen molar-refractivity contribution >= 4 is 67.7 Å². The van der Waals surface area contributed by atoms with Crippen molar-refractivity contribution in [1.29, 1.82) is 0 Å². The molecule has 0 aliphatic carbocycles. The molecule has 0 fully saturated rings. The van der Waals surface area contributed by atoms with Gasteiger partial charge in [-0.25, -0.2) is 0 Å². The van der Waals surface area contributed by atoms with E-state index in [1.165, 1.54) is 0 Å². The first-order valence-corrected chi connectivity index (χ1v) is 7.67. The van der Waals surface area contributed by atoms with E-state index in [1.807, 2.05) is 31.2 Å². The lowest BCUT2D eigenvalue weighted by Crippen LogP contribution is -2.12. The second-order valence-electron chi connectivity index (χ2n) is 4.23. The summed E-state index contributed by atoms with van der Waals surface area (Å²) < 4.78 is 0.903. The number of nitrogens with two attached hydrogens (primary N) is 1. The van der Waals surface area contributed by atoms with Gasteiger partial charge in [-0.3, -0.25) is 0 Å². The molecule has 2 aromatic carbocycles. The van der Waals surface area contributed by atoms with E-state index in [0.717, 1.165) is 21.3 Å². The Morgan fingerprint density at radius 2 is 1.95 bits per heavy atom. The first-order valence-electron chi connectivity index (χ1n) is 5.71. The number of aryl methyl sites for hydroxylation is 1. The molecule has 2 nitrogen and oxygen atoms in total. The Labute approximate surface area is 141 Å². The van der Waals surface area contributed by atoms with Gasteiger partial charge in [0.1, 0.15) is 4.99 Å². The number of rotatable bonds is 3. The summed E-state index contributed by atoms with van der Waals surface area (Å²) in [6.45, 7) is 1.92. The third kappa shape index (κ3) is 3.26. The zero-order chi connectivity index (χ0) is 14.9. The highest BCUT2D eigenvalue weighted by molar-refractivity contribution is 9.10. The third-order valence-electron chi connectivity index (χ3n) is 2.79. The molecule has 0 aromatic heterocycles. The van der Waals surface area contributed by atoms with E-state index >= 15 is 0 Å². The van der Waals surface area contributed by atoms with Crippen molar-refractivity contribution in [3.8, 4) is 0 Å². The summed E-state index contributed by atoms with van der Waals surface area (Å²) in [4.78, 5) is 0.305. The fourth-order valence-electron chi connectivity index (χ4n) is 1.74. The number of nitrogens with one attached hydrogen (secondary N) is 1. The molecule has 0 saturated carbocycles. The lowest BCUT2D eigenvalue weighted by Gasteiger charge is -2.15. The van der Waals surface area contributed by atoms with E-state index in [-0.39, 0.29) is 0 Å². The van der Waals surface area contributed by atoms with Crippen LogP contribution in [0.3, 0.4) is 0 Å². The van der Waals surface area contributed by atoms with Crippen LogP contribution in [0, 0.1) is 6.92 Å². The van der Waals surface area contributed by atoms with Crippen LogP contribution in [-0.2, 0) is 0 Å². The minimum atomic E-state index is 0.305. The SMILES string of the molecule is Cc1ccc(Cl)c(Nc2cc(Br)ccc2C(N)=S)c1Cl. The molecule has 0 radical (unpaired) electrons. The van der Waals surface area contributed by atoms with Crippen molar-refractivity contribution in [3.05, 3.63) is 56.0 Å². The lowest BCUT2D eigenvalue weighted by molar-refractivity contribution is 1.44. The molecule has 2 rings (SSSR count). The molecule has 2 aromatic rings. The molecule has 104 valence electrons. The van der Waals surface area contributed by atoms with Gasteiger partial charge in [0.15, 0.2) is 0 Å². The molecule has 0 aliphatic heterocycles. The highest BCUT2D eigenvalue weighted by Gasteiger charge is 2.12. The first-order chi connectivity index (χ1) is 9.40.